The first kappa shape index (κ1) is 15.4. The number of nitrogens with zero attached hydrogens (tertiary/aromatic N) is 3. The summed E-state index contributed by atoms with van der Waals surface area (Å²) < 4.78 is 12.5. The average molecular weight is 376 g/mol. The number of halogens is 1. The van der Waals surface area contributed by atoms with Crippen molar-refractivity contribution in [3.8, 4) is 22.3 Å². The van der Waals surface area contributed by atoms with E-state index in [1.165, 1.54) is 23.1 Å². The van der Waals surface area contributed by atoms with Crippen molar-refractivity contribution in [2.45, 2.75) is 5.22 Å². The molecule has 0 radical (unpaired) electrons. The molecule has 8 heteroatoms. The first-order valence-corrected chi connectivity index (χ1v) is 9.33. The molecule has 0 spiro atoms. The van der Waals surface area contributed by atoms with E-state index >= 15 is 0 Å². The second kappa shape index (κ2) is 6.43. The fraction of sp³-hybridized carbons (Fsp3) is 0.0625. The lowest BCUT2D eigenvalue weighted by Crippen LogP contribution is -1.85. The van der Waals surface area contributed by atoms with Gasteiger partial charge in [-0.25, -0.2) is 0 Å². The molecule has 3 heterocycles. The van der Waals surface area contributed by atoms with E-state index in [4.69, 9.17) is 20.8 Å². The van der Waals surface area contributed by atoms with Crippen molar-refractivity contribution in [3.63, 3.8) is 0 Å². The van der Waals surface area contributed by atoms with E-state index < -0.39 is 0 Å². The molecule has 0 fully saturated rings. The average Bonchev–Trinajstić information content (AvgIpc) is 3.23. The van der Waals surface area contributed by atoms with Crippen molar-refractivity contribution in [3.05, 3.63) is 47.7 Å². The van der Waals surface area contributed by atoms with Crippen LogP contribution in [0.4, 0.5) is 0 Å². The maximum Gasteiger partial charge on any atom is 0.276 e. The van der Waals surface area contributed by atoms with Crippen molar-refractivity contribution < 1.29 is 9.15 Å². The van der Waals surface area contributed by atoms with Crippen LogP contribution < -0.4 is 4.74 Å². The molecule has 4 aromatic rings. The molecule has 0 aliphatic heterocycles. The highest BCUT2D eigenvalue weighted by molar-refractivity contribution is 7.98. The lowest BCUT2D eigenvalue weighted by Gasteiger charge is -2.06. The van der Waals surface area contributed by atoms with Crippen LogP contribution >= 0.6 is 34.7 Å². The number of aromatic nitrogens is 3. The van der Waals surface area contributed by atoms with Crippen LogP contribution in [0.2, 0.25) is 5.02 Å². The molecule has 0 aliphatic carbocycles. The second-order valence-corrected chi connectivity index (χ2v) is 7.07. The van der Waals surface area contributed by atoms with E-state index in [-0.39, 0.29) is 0 Å². The molecule has 120 valence electrons. The number of thiophene rings is 1. The molecule has 0 atom stereocenters. The molecule has 0 N–H and O–H groups in total. The zero-order chi connectivity index (χ0) is 16.5. The third kappa shape index (κ3) is 2.98. The third-order valence-electron chi connectivity index (χ3n) is 3.24. The first-order chi connectivity index (χ1) is 11.7. The Morgan fingerprint density at radius 1 is 1.17 bits per heavy atom. The highest BCUT2D eigenvalue weighted by atomic mass is 35.5. The van der Waals surface area contributed by atoms with Crippen molar-refractivity contribution in [1.29, 1.82) is 0 Å². The Morgan fingerprint density at radius 2 is 2.00 bits per heavy atom. The third-order valence-corrected chi connectivity index (χ3v) is 5.07. The van der Waals surface area contributed by atoms with E-state index in [2.05, 4.69) is 15.2 Å². The topological polar surface area (TPSA) is 61.0 Å². The van der Waals surface area contributed by atoms with Crippen LogP contribution in [0.3, 0.4) is 0 Å². The number of ether oxygens (including phenoxy) is 1. The molecule has 4 rings (SSSR count). The number of hydrogen-bond acceptors (Lipinski definition) is 7. The minimum atomic E-state index is 0.498. The Kier molecular flexibility index (Phi) is 4.13. The fourth-order valence-electron chi connectivity index (χ4n) is 2.14. The van der Waals surface area contributed by atoms with Gasteiger partial charge < -0.3 is 9.15 Å². The Bertz CT molecular complexity index is 998. The van der Waals surface area contributed by atoms with Crippen molar-refractivity contribution in [2.24, 2.45) is 0 Å². The normalized spacial score (nSPS) is 11.1. The first-order valence-electron chi connectivity index (χ1n) is 6.92. The van der Waals surface area contributed by atoms with E-state index in [9.17, 15) is 0 Å². The van der Waals surface area contributed by atoms with Crippen molar-refractivity contribution in [1.82, 2.24) is 15.2 Å². The zero-order valence-electron chi connectivity index (χ0n) is 12.4. The Labute approximate surface area is 150 Å². The van der Waals surface area contributed by atoms with Gasteiger partial charge in [0.2, 0.25) is 0 Å². The summed E-state index contributed by atoms with van der Waals surface area (Å²) in [5, 5.41) is 10.2. The predicted octanol–water partition coefficient (Wildman–Crippen LogP) is 5.51. The van der Waals surface area contributed by atoms with Crippen LogP contribution in [0, 0.1) is 0 Å². The Balaban J connectivity index is 1.72. The monoisotopic (exact) mass is 375 g/mol. The summed E-state index contributed by atoms with van der Waals surface area (Å²) in [4.78, 5) is 5.12. The van der Waals surface area contributed by atoms with Gasteiger partial charge in [0.15, 0.2) is 5.75 Å². The fourth-order valence-corrected chi connectivity index (χ4v) is 3.52. The molecule has 5 nitrogen and oxygen atoms in total. The summed E-state index contributed by atoms with van der Waals surface area (Å²) in [6, 6.07) is 9.18. The summed E-state index contributed by atoms with van der Waals surface area (Å²) >= 11 is 8.85. The van der Waals surface area contributed by atoms with Crippen molar-refractivity contribution in [2.75, 3.05) is 6.26 Å². The molecule has 0 saturated carbocycles. The standard InChI is InChI=1S/C16H10ClN3O2S2/c1-23-16-20-19-15(22-16)13-6-11-12(7-18-8-14(11)24-13)21-10-4-2-9(17)3-5-10/h2-8H,1H3. The Morgan fingerprint density at radius 3 is 2.75 bits per heavy atom. The number of thioether (sulfide) groups is 1. The molecule has 0 aliphatic rings. The van der Waals surface area contributed by atoms with Crippen LogP contribution in [0.15, 0.2) is 52.4 Å². The number of rotatable bonds is 4. The summed E-state index contributed by atoms with van der Waals surface area (Å²) in [7, 11) is 0. The van der Waals surface area contributed by atoms with Gasteiger partial charge in [0.05, 0.1) is 15.8 Å². The lowest BCUT2D eigenvalue weighted by atomic mass is 10.3. The number of fused-ring (bicyclic) bond motifs is 1. The van der Waals surface area contributed by atoms with Gasteiger partial charge in [-0.15, -0.1) is 21.5 Å². The van der Waals surface area contributed by atoms with Gasteiger partial charge in [-0.2, -0.15) is 0 Å². The smallest absolute Gasteiger partial charge is 0.276 e. The van der Waals surface area contributed by atoms with Crippen LogP contribution in [0.1, 0.15) is 0 Å². The minimum Gasteiger partial charge on any atom is -0.455 e. The largest absolute Gasteiger partial charge is 0.455 e. The van der Waals surface area contributed by atoms with Crippen LogP contribution in [0.5, 0.6) is 11.5 Å². The van der Waals surface area contributed by atoms with Gasteiger partial charge in [0, 0.05) is 16.6 Å². The molecular weight excluding hydrogens is 366 g/mol. The highest BCUT2D eigenvalue weighted by Crippen LogP contribution is 2.38. The molecule has 24 heavy (non-hydrogen) atoms. The quantitative estimate of drug-likeness (QED) is 0.438. The van der Waals surface area contributed by atoms with Crippen LogP contribution in [-0.2, 0) is 0 Å². The Hall–Kier alpha value is -2.09. The van der Waals surface area contributed by atoms with Gasteiger partial charge in [-0.05, 0) is 36.6 Å². The van der Waals surface area contributed by atoms with Gasteiger partial charge >= 0.3 is 0 Å². The number of benzene rings is 1. The highest BCUT2D eigenvalue weighted by Gasteiger charge is 2.14. The van der Waals surface area contributed by atoms with Crippen LogP contribution in [-0.4, -0.2) is 21.4 Å². The van der Waals surface area contributed by atoms with Gasteiger partial charge in [-0.3, -0.25) is 4.98 Å². The number of pyridine rings is 1. The summed E-state index contributed by atoms with van der Waals surface area (Å²) in [5.41, 5.74) is 0. The molecule has 0 saturated heterocycles. The van der Waals surface area contributed by atoms with E-state index in [0.717, 1.165) is 15.0 Å². The molecule has 3 aromatic heterocycles. The zero-order valence-corrected chi connectivity index (χ0v) is 14.8. The van der Waals surface area contributed by atoms with Gasteiger partial charge in [0.1, 0.15) is 5.75 Å². The summed E-state index contributed by atoms with van der Waals surface area (Å²) in [6.45, 7) is 0. The molecule has 1 aromatic carbocycles. The SMILES string of the molecule is CSc1nnc(-c2cc3c(Oc4ccc(Cl)cc4)cncc3s2)o1. The second-order valence-electron chi connectivity index (χ2n) is 4.79. The minimum absolute atomic E-state index is 0.498. The molecular formula is C16H10ClN3O2S2. The maximum absolute atomic E-state index is 5.94. The predicted molar refractivity (Wildman–Crippen MR) is 96.2 cm³/mol. The van der Waals surface area contributed by atoms with Crippen LogP contribution in [0.25, 0.3) is 20.9 Å². The van der Waals surface area contributed by atoms with E-state index in [1.807, 2.05) is 24.5 Å². The molecule has 0 amide bonds. The maximum atomic E-state index is 5.94. The molecule has 0 unspecified atom stereocenters. The van der Waals surface area contributed by atoms with Gasteiger partial charge in [-0.1, -0.05) is 23.4 Å². The lowest BCUT2D eigenvalue weighted by molar-refractivity contribution is 0.467. The number of hydrogen-bond donors (Lipinski definition) is 0. The van der Waals surface area contributed by atoms with E-state index in [0.29, 0.717) is 27.6 Å². The summed E-state index contributed by atoms with van der Waals surface area (Å²) in [5.74, 6) is 1.86. The van der Waals surface area contributed by atoms with Crippen molar-refractivity contribution >= 4 is 44.8 Å². The van der Waals surface area contributed by atoms with Gasteiger partial charge in [0.25, 0.3) is 11.1 Å². The molecule has 0 bridgehead atoms. The van der Waals surface area contributed by atoms with E-state index in [1.54, 1.807) is 24.5 Å². The summed E-state index contributed by atoms with van der Waals surface area (Å²) in [6.07, 6.45) is 5.38.